The summed E-state index contributed by atoms with van der Waals surface area (Å²) in [5.41, 5.74) is 0.0887. The Kier molecular flexibility index (Phi) is 7.33. The number of hydrogen-bond acceptors (Lipinski definition) is 6. The van der Waals surface area contributed by atoms with Crippen LogP contribution in [0.25, 0.3) is 0 Å². The SMILES string of the molecule is CC(C)NS(=O)(=O)c1ccc(NCCC[NH+]2CCOCC2)c([N+](=O)[O-])c1. The molecule has 1 aromatic rings. The maximum atomic E-state index is 12.2. The molecule has 0 saturated carbocycles. The van der Waals surface area contributed by atoms with Crippen LogP contribution in [0.1, 0.15) is 20.3 Å². The molecule has 0 radical (unpaired) electrons. The van der Waals surface area contributed by atoms with Crippen molar-refractivity contribution in [3.05, 3.63) is 28.3 Å². The molecule has 1 fully saturated rings. The molecule has 1 aromatic carbocycles. The molecule has 146 valence electrons. The smallest absolute Gasteiger partial charge is 0.293 e. The number of benzene rings is 1. The fraction of sp³-hybridized carbons (Fsp3) is 0.625. The minimum atomic E-state index is -3.77. The largest absolute Gasteiger partial charge is 0.379 e. The van der Waals surface area contributed by atoms with Gasteiger partial charge in [-0.15, -0.1) is 0 Å². The molecule has 3 N–H and O–H groups in total. The number of nitro groups is 1. The number of hydrogen-bond donors (Lipinski definition) is 3. The van der Waals surface area contributed by atoms with E-state index in [-0.39, 0.29) is 16.6 Å². The first-order chi connectivity index (χ1) is 12.3. The number of morpholine rings is 1. The van der Waals surface area contributed by atoms with Gasteiger partial charge in [0.1, 0.15) is 18.8 Å². The number of sulfonamides is 1. The summed E-state index contributed by atoms with van der Waals surface area (Å²) < 4.78 is 32.1. The van der Waals surface area contributed by atoms with Crippen molar-refractivity contribution in [3.8, 4) is 0 Å². The molecule has 0 spiro atoms. The minimum absolute atomic E-state index is 0.110. The van der Waals surface area contributed by atoms with E-state index >= 15 is 0 Å². The molecule has 0 bridgehead atoms. The lowest BCUT2D eigenvalue weighted by Crippen LogP contribution is -3.14. The number of nitro benzene ring substituents is 1. The van der Waals surface area contributed by atoms with Gasteiger partial charge in [-0.1, -0.05) is 0 Å². The first kappa shape index (κ1) is 20.6. The Morgan fingerprint density at radius 3 is 2.62 bits per heavy atom. The molecule has 2 rings (SSSR count). The number of ether oxygens (including phenoxy) is 1. The van der Waals surface area contributed by atoms with Gasteiger partial charge >= 0.3 is 0 Å². The molecule has 1 heterocycles. The van der Waals surface area contributed by atoms with Gasteiger partial charge in [-0.25, -0.2) is 13.1 Å². The number of rotatable bonds is 9. The molecule has 1 aliphatic heterocycles. The molecular formula is C16H27N4O5S+. The Labute approximate surface area is 153 Å². The quantitative estimate of drug-likeness (QED) is 0.312. The molecule has 0 aliphatic carbocycles. The number of nitrogens with one attached hydrogen (secondary N) is 3. The van der Waals surface area contributed by atoms with E-state index in [4.69, 9.17) is 4.74 Å². The van der Waals surface area contributed by atoms with Crippen LogP contribution in [0.15, 0.2) is 23.1 Å². The summed E-state index contributed by atoms with van der Waals surface area (Å²) in [7, 11) is -3.77. The van der Waals surface area contributed by atoms with Crippen LogP contribution in [-0.2, 0) is 14.8 Å². The molecule has 0 amide bonds. The van der Waals surface area contributed by atoms with Gasteiger partial charge in [-0.2, -0.15) is 0 Å². The van der Waals surface area contributed by atoms with Gasteiger partial charge in [0.2, 0.25) is 10.0 Å². The Bertz CT molecular complexity index is 717. The lowest BCUT2D eigenvalue weighted by atomic mass is 10.2. The zero-order valence-electron chi connectivity index (χ0n) is 15.2. The molecule has 0 aromatic heterocycles. The number of anilines is 1. The first-order valence-corrected chi connectivity index (χ1v) is 10.2. The average molecular weight is 387 g/mol. The highest BCUT2D eigenvalue weighted by atomic mass is 32.2. The summed E-state index contributed by atoms with van der Waals surface area (Å²) in [5.74, 6) is 0. The fourth-order valence-electron chi connectivity index (χ4n) is 2.83. The topological polar surface area (TPSA) is 115 Å². The van der Waals surface area contributed by atoms with Gasteiger partial charge in [0.05, 0.1) is 29.6 Å². The third kappa shape index (κ3) is 5.90. The Hall–Kier alpha value is -1.75. The highest BCUT2D eigenvalue weighted by Crippen LogP contribution is 2.27. The standard InChI is InChI=1S/C16H26N4O5S/c1-13(2)18-26(23,24)14-4-5-15(16(12-14)20(21)22)17-6-3-7-19-8-10-25-11-9-19/h4-5,12-13,17-18H,3,6-11H2,1-2H3/p+1. The monoisotopic (exact) mass is 387 g/mol. The second-order valence-corrected chi connectivity index (χ2v) is 8.32. The summed E-state index contributed by atoms with van der Waals surface area (Å²) >= 11 is 0. The predicted molar refractivity (Wildman–Crippen MR) is 98.0 cm³/mol. The third-order valence-electron chi connectivity index (χ3n) is 4.09. The van der Waals surface area contributed by atoms with Crippen LogP contribution in [0.5, 0.6) is 0 Å². The van der Waals surface area contributed by atoms with E-state index in [1.54, 1.807) is 13.8 Å². The fourth-order valence-corrected chi connectivity index (χ4v) is 4.10. The number of nitrogens with zero attached hydrogens (tertiary/aromatic N) is 1. The molecule has 1 aliphatic rings. The molecule has 9 nitrogen and oxygen atoms in total. The molecule has 0 atom stereocenters. The van der Waals surface area contributed by atoms with E-state index in [0.29, 0.717) is 12.2 Å². The Morgan fingerprint density at radius 2 is 2.00 bits per heavy atom. The van der Waals surface area contributed by atoms with Gasteiger partial charge in [0, 0.05) is 25.1 Å². The second-order valence-electron chi connectivity index (χ2n) is 6.60. The summed E-state index contributed by atoms with van der Waals surface area (Å²) in [6.45, 7) is 8.45. The van der Waals surface area contributed by atoms with Gasteiger partial charge < -0.3 is 15.0 Å². The molecule has 1 saturated heterocycles. The van der Waals surface area contributed by atoms with E-state index in [9.17, 15) is 18.5 Å². The van der Waals surface area contributed by atoms with Crippen LogP contribution in [0.4, 0.5) is 11.4 Å². The van der Waals surface area contributed by atoms with Crippen molar-refractivity contribution in [2.24, 2.45) is 0 Å². The van der Waals surface area contributed by atoms with Gasteiger partial charge in [0.15, 0.2) is 0 Å². The van der Waals surface area contributed by atoms with Crippen molar-refractivity contribution in [1.29, 1.82) is 0 Å². The van der Waals surface area contributed by atoms with Crippen LogP contribution in [0, 0.1) is 10.1 Å². The average Bonchev–Trinajstić information content (AvgIpc) is 2.58. The number of quaternary nitrogens is 1. The summed E-state index contributed by atoms with van der Waals surface area (Å²) in [4.78, 5) is 12.1. The van der Waals surface area contributed by atoms with Gasteiger partial charge in [-0.05, 0) is 26.0 Å². The van der Waals surface area contributed by atoms with Crippen molar-refractivity contribution in [2.45, 2.75) is 31.2 Å². The molecule has 10 heteroatoms. The van der Waals surface area contributed by atoms with Crippen molar-refractivity contribution in [1.82, 2.24) is 4.72 Å². The minimum Gasteiger partial charge on any atom is -0.379 e. The van der Waals surface area contributed by atoms with E-state index < -0.39 is 14.9 Å². The van der Waals surface area contributed by atoms with E-state index in [1.165, 1.54) is 17.0 Å². The van der Waals surface area contributed by atoms with Crippen LogP contribution < -0.4 is 14.9 Å². The normalized spacial score (nSPS) is 16.0. The highest BCUT2D eigenvalue weighted by molar-refractivity contribution is 7.89. The maximum Gasteiger partial charge on any atom is 0.293 e. The van der Waals surface area contributed by atoms with Crippen LogP contribution in [0.2, 0.25) is 0 Å². The van der Waals surface area contributed by atoms with Gasteiger partial charge in [0.25, 0.3) is 5.69 Å². The van der Waals surface area contributed by atoms with E-state index in [1.807, 2.05) is 0 Å². The van der Waals surface area contributed by atoms with Crippen LogP contribution in [0.3, 0.4) is 0 Å². The summed E-state index contributed by atoms with van der Waals surface area (Å²) in [6, 6.07) is 3.64. The van der Waals surface area contributed by atoms with E-state index in [2.05, 4.69) is 10.0 Å². The lowest BCUT2D eigenvalue weighted by Gasteiger charge is -2.23. The van der Waals surface area contributed by atoms with Crippen molar-refractivity contribution < 1.29 is 23.0 Å². The predicted octanol–water partition coefficient (Wildman–Crippen LogP) is -0.00140. The van der Waals surface area contributed by atoms with Crippen LogP contribution >= 0.6 is 0 Å². The lowest BCUT2D eigenvalue weighted by molar-refractivity contribution is -0.908. The zero-order valence-corrected chi connectivity index (χ0v) is 16.0. The van der Waals surface area contributed by atoms with Crippen LogP contribution in [-0.4, -0.2) is 58.8 Å². The highest BCUT2D eigenvalue weighted by Gasteiger charge is 2.22. The summed E-state index contributed by atoms with van der Waals surface area (Å²) in [5, 5.41) is 14.4. The van der Waals surface area contributed by atoms with Crippen molar-refractivity contribution in [3.63, 3.8) is 0 Å². The molecule has 0 unspecified atom stereocenters. The maximum absolute atomic E-state index is 12.2. The molecule has 26 heavy (non-hydrogen) atoms. The van der Waals surface area contributed by atoms with E-state index in [0.717, 1.165) is 45.3 Å². The molecular weight excluding hydrogens is 360 g/mol. The van der Waals surface area contributed by atoms with Crippen molar-refractivity contribution in [2.75, 3.05) is 44.7 Å². The van der Waals surface area contributed by atoms with Gasteiger partial charge in [-0.3, -0.25) is 10.1 Å². The Morgan fingerprint density at radius 1 is 1.31 bits per heavy atom. The Balaban J connectivity index is 2.00. The van der Waals surface area contributed by atoms with Crippen molar-refractivity contribution >= 4 is 21.4 Å². The summed E-state index contributed by atoms with van der Waals surface area (Å²) in [6.07, 6.45) is 0.863. The first-order valence-electron chi connectivity index (χ1n) is 8.75. The third-order valence-corrected chi connectivity index (χ3v) is 5.75. The zero-order chi connectivity index (χ0) is 19.2. The second kappa shape index (κ2) is 9.26.